The summed E-state index contributed by atoms with van der Waals surface area (Å²) in [6, 6.07) is 11.3. The number of carbonyl (C=O) groups is 4. The highest BCUT2D eigenvalue weighted by molar-refractivity contribution is 6.16. The number of esters is 2. The van der Waals surface area contributed by atoms with Gasteiger partial charge in [0.05, 0.1) is 25.8 Å². The number of fused-ring (bicyclic) bond motifs is 6. The molecule has 0 aliphatic carbocycles. The first kappa shape index (κ1) is 21.6. The maximum Gasteiger partial charge on any atom is 0.355 e. The van der Waals surface area contributed by atoms with Crippen molar-refractivity contribution in [2.75, 3.05) is 14.2 Å². The molecule has 172 valence electrons. The molecule has 3 aliphatic heterocycles. The zero-order valence-corrected chi connectivity index (χ0v) is 18.7. The Morgan fingerprint density at radius 3 is 2.53 bits per heavy atom. The van der Waals surface area contributed by atoms with Gasteiger partial charge in [0.2, 0.25) is 0 Å². The first-order chi connectivity index (χ1) is 16.4. The Balaban J connectivity index is 1.91. The molecular formula is C26H21NO7. The number of hydrogen-bond acceptors (Lipinski definition) is 8. The Bertz CT molecular complexity index is 1320. The lowest BCUT2D eigenvalue weighted by Crippen LogP contribution is -2.63. The van der Waals surface area contributed by atoms with E-state index in [1.54, 1.807) is 42.6 Å². The summed E-state index contributed by atoms with van der Waals surface area (Å²) in [7, 11) is 2.34. The Morgan fingerprint density at radius 2 is 1.82 bits per heavy atom. The molecule has 3 heterocycles. The SMILES string of the molecule is COC(=O)C1=C(C(=O)OC)N2C=Cc3ccccc3[C@@H]2[C@@]2(C=O)C(=O)c3cc(C)ccc3O[C@@H]12. The van der Waals surface area contributed by atoms with Crippen LogP contribution in [0.25, 0.3) is 6.08 Å². The van der Waals surface area contributed by atoms with E-state index in [0.717, 1.165) is 18.2 Å². The van der Waals surface area contributed by atoms with Crippen LogP contribution in [0.15, 0.2) is 59.9 Å². The second-order valence-corrected chi connectivity index (χ2v) is 8.38. The van der Waals surface area contributed by atoms with Crippen LogP contribution in [-0.2, 0) is 23.9 Å². The monoisotopic (exact) mass is 459 g/mol. The first-order valence-electron chi connectivity index (χ1n) is 10.6. The van der Waals surface area contributed by atoms with Gasteiger partial charge in [-0.25, -0.2) is 9.59 Å². The lowest BCUT2D eigenvalue weighted by molar-refractivity contribution is -0.146. The van der Waals surface area contributed by atoms with Crippen LogP contribution in [0.1, 0.15) is 33.1 Å². The number of benzene rings is 2. The van der Waals surface area contributed by atoms with Crippen molar-refractivity contribution in [3.8, 4) is 5.75 Å². The summed E-state index contributed by atoms with van der Waals surface area (Å²) in [6.07, 6.45) is 2.45. The standard InChI is InChI=1S/C26H21NO7/c1-14-8-9-18-17(12-14)22(29)26(13-28)21-16-7-5-4-6-15(16)10-11-27(21)20(25(31)33-3)19(23(26)34-18)24(30)32-2/h4-13,21,23H,1-3H3/t21-,23+,26+/m1/s1. The smallest absolute Gasteiger partial charge is 0.355 e. The fourth-order valence-corrected chi connectivity index (χ4v) is 5.13. The third-order valence-electron chi connectivity index (χ3n) is 6.64. The first-order valence-corrected chi connectivity index (χ1v) is 10.6. The van der Waals surface area contributed by atoms with Crippen molar-refractivity contribution < 1.29 is 33.4 Å². The van der Waals surface area contributed by atoms with Gasteiger partial charge in [-0.05, 0) is 36.3 Å². The fraction of sp³-hybridized carbons (Fsp3) is 0.231. The highest BCUT2D eigenvalue weighted by atomic mass is 16.5. The Labute approximate surface area is 195 Å². The third-order valence-corrected chi connectivity index (χ3v) is 6.64. The minimum absolute atomic E-state index is 0.143. The molecule has 3 aliphatic rings. The molecule has 0 spiro atoms. The average Bonchev–Trinajstić information content (AvgIpc) is 2.87. The van der Waals surface area contributed by atoms with Crippen molar-refractivity contribution in [3.63, 3.8) is 0 Å². The normalized spacial score (nSPS) is 24.2. The highest BCUT2D eigenvalue weighted by Gasteiger charge is 2.66. The minimum Gasteiger partial charge on any atom is -0.483 e. The van der Waals surface area contributed by atoms with Crippen LogP contribution in [0.3, 0.4) is 0 Å². The van der Waals surface area contributed by atoms with Crippen LogP contribution in [0, 0.1) is 12.3 Å². The van der Waals surface area contributed by atoms with Crippen molar-refractivity contribution in [2.24, 2.45) is 5.41 Å². The van der Waals surface area contributed by atoms with Crippen LogP contribution in [0.2, 0.25) is 0 Å². The van der Waals surface area contributed by atoms with Crippen LogP contribution in [-0.4, -0.2) is 49.2 Å². The topological polar surface area (TPSA) is 99.2 Å². The molecule has 8 heteroatoms. The molecule has 0 saturated carbocycles. The summed E-state index contributed by atoms with van der Waals surface area (Å²) in [5, 5.41) is 0. The number of hydrogen-bond donors (Lipinski definition) is 0. The van der Waals surface area contributed by atoms with Crippen molar-refractivity contribution in [1.29, 1.82) is 0 Å². The van der Waals surface area contributed by atoms with Gasteiger partial charge in [0, 0.05) is 6.20 Å². The van der Waals surface area contributed by atoms with E-state index in [-0.39, 0.29) is 22.6 Å². The predicted octanol–water partition coefficient (Wildman–Crippen LogP) is 2.77. The predicted molar refractivity (Wildman–Crippen MR) is 120 cm³/mol. The molecule has 0 aromatic heterocycles. The number of Topliss-reactive ketones (excluding diaryl/α,β-unsaturated/α-hetero) is 1. The maximum absolute atomic E-state index is 14.2. The van der Waals surface area contributed by atoms with Gasteiger partial charge in [-0.3, -0.25) is 4.79 Å². The molecule has 0 unspecified atom stereocenters. The lowest BCUT2D eigenvalue weighted by Gasteiger charge is -2.53. The number of rotatable bonds is 3. The fourth-order valence-electron chi connectivity index (χ4n) is 5.13. The molecule has 5 rings (SSSR count). The number of ketones is 1. The Hall–Kier alpha value is -4.20. The van der Waals surface area contributed by atoms with Gasteiger partial charge in [-0.1, -0.05) is 35.9 Å². The second-order valence-electron chi connectivity index (χ2n) is 8.38. The number of ether oxygens (including phenoxy) is 3. The molecule has 0 amide bonds. The van der Waals surface area contributed by atoms with Gasteiger partial charge >= 0.3 is 11.9 Å². The van der Waals surface area contributed by atoms with Gasteiger partial charge in [0.25, 0.3) is 0 Å². The van der Waals surface area contributed by atoms with Gasteiger partial charge in [-0.2, -0.15) is 0 Å². The summed E-state index contributed by atoms with van der Waals surface area (Å²) >= 11 is 0. The van der Waals surface area contributed by atoms with Crippen molar-refractivity contribution in [1.82, 2.24) is 4.90 Å². The van der Waals surface area contributed by atoms with Gasteiger partial charge in [0.1, 0.15) is 23.3 Å². The van der Waals surface area contributed by atoms with E-state index in [4.69, 9.17) is 14.2 Å². The molecule has 3 atom stereocenters. The quantitative estimate of drug-likeness (QED) is 0.393. The largest absolute Gasteiger partial charge is 0.483 e. The number of methoxy groups -OCH3 is 2. The maximum atomic E-state index is 14.2. The zero-order valence-electron chi connectivity index (χ0n) is 18.7. The summed E-state index contributed by atoms with van der Waals surface area (Å²) in [6.45, 7) is 1.83. The number of nitrogens with zero attached hydrogens (tertiary/aromatic N) is 1. The highest BCUT2D eigenvalue weighted by Crippen LogP contribution is 2.56. The molecule has 0 N–H and O–H groups in total. The summed E-state index contributed by atoms with van der Waals surface area (Å²) in [5.74, 6) is -2.00. The summed E-state index contributed by atoms with van der Waals surface area (Å²) in [5.41, 5.74) is 0.199. The number of carbonyl (C=O) groups excluding carboxylic acids is 4. The zero-order chi connectivity index (χ0) is 24.2. The number of aryl methyl sites for hydroxylation is 1. The third kappa shape index (κ3) is 2.71. The lowest BCUT2D eigenvalue weighted by atomic mass is 9.61. The van der Waals surface area contributed by atoms with Crippen molar-refractivity contribution in [3.05, 3.63) is 82.2 Å². The molecule has 34 heavy (non-hydrogen) atoms. The minimum atomic E-state index is -1.87. The molecule has 8 nitrogen and oxygen atoms in total. The Morgan fingerprint density at radius 1 is 1.09 bits per heavy atom. The van der Waals surface area contributed by atoms with Gasteiger partial charge < -0.3 is 23.9 Å². The van der Waals surface area contributed by atoms with Crippen LogP contribution < -0.4 is 4.74 Å². The van der Waals surface area contributed by atoms with E-state index >= 15 is 0 Å². The van der Waals surface area contributed by atoms with E-state index in [9.17, 15) is 19.2 Å². The molecule has 2 aromatic carbocycles. The summed E-state index contributed by atoms with van der Waals surface area (Å²) in [4.78, 5) is 54.7. The van der Waals surface area contributed by atoms with E-state index in [0.29, 0.717) is 11.8 Å². The van der Waals surface area contributed by atoms with E-state index < -0.39 is 35.3 Å². The van der Waals surface area contributed by atoms with Gasteiger partial charge in [0.15, 0.2) is 17.3 Å². The van der Waals surface area contributed by atoms with Gasteiger partial charge in [-0.15, -0.1) is 0 Å². The van der Waals surface area contributed by atoms with E-state index in [1.165, 1.54) is 12.0 Å². The molecular weight excluding hydrogens is 438 g/mol. The average molecular weight is 459 g/mol. The molecule has 0 bridgehead atoms. The van der Waals surface area contributed by atoms with E-state index in [1.807, 2.05) is 19.1 Å². The van der Waals surface area contributed by atoms with Crippen LogP contribution in [0.4, 0.5) is 0 Å². The van der Waals surface area contributed by atoms with Crippen LogP contribution >= 0.6 is 0 Å². The number of aldehydes is 1. The molecule has 0 radical (unpaired) electrons. The Kier molecular flexibility index (Phi) is 4.89. The van der Waals surface area contributed by atoms with Crippen molar-refractivity contribution >= 4 is 30.1 Å². The second kappa shape index (κ2) is 7.69. The van der Waals surface area contributed by atoms with Crippen LogP contribution in [0.5, 0.6) is 5.75 Å². The molecule has 0 saturated heterocycles. The van der Waals surface area contributed by atoms with E-state index in [2.05, 4.69) is 0 Å². The van der Waals surface area contributed by atoms with Crippen molar-refractivity contribution in [2.45, 2.75) is 19.1 Å². The molecule has 0 fully saturated rings. The molecule has 2 aromatic rings. The summed E-state index contributed by atoms with van der Waals surface area (Å²) < 4.78 is 16.2.